The molecule has 0 saturated carbocycles. The van der Waals surface area contributed by atoms with Crippen LogP contribution >= 0.6 is 24.0 Å². The summed E-state index contributed by atoms with van der Waals surface area (Å²) in [5, 5.41) is 4.54. The van der Waals surface area contributed by atoms with Crippen molar-refractivity contribution in [1.29, 1.82) is 0 Å². The molecule has 1 amide bonds. The highest BCUT2D eigenvalue weighted by atomic mass is 35.5. The molecule has 180 valence electrons. The number of H-pyrrole nitrogens is 1. The van der Waals surface area contributed by atoms with Crippen molar-refractivity contribution < 1.29 is 4.79 Å². The van der Waals surface area contributed by atoms with E-state index in [0.29, 0.717) is 23.8 Å². The lowest BCUT2D eigenvalue weighted by Gasteiger charge is -2.34. The maximum absolute atomic E-state index is 13.4. The zero-order chi connectivity index (χ0) is 23.7. The molecule has 5 rings (SSSR count). The Hall–Kier alpha value is -3.28. The number of aromatic nitrogens is 1. The van der Waals surface area contributed by atoms with Crippen LogP contribution in [-0.2, 0) is 4.79 Å². The largest absolute Gasteiger partial charge is 0.366 e. The summed E-state index contributed by atoms with van der Waals surface area (Å²) in [5.74, 6) is -0.233. The van der Waals surface area contributed by atoms with Crippen molar-refractivity contribution in [1.82, 2.24) is 4.98 Å². The Morgan fingerprint density at radius 3 is 2.54 bits per heavy atom. The minimum atomic E-state index is -0.215. The molecule has 7 heteroatoms. The second kappa shape index (κ2) is 10.5. The predicted molar refractivity (Wildman–Crippen MR) is 147 cm³/mol. The number of hydrogen-bond acceptors (Lipinski definition) is 3. The third kappa shape index (κ3) is 5.21. The molecule has 1 unspecified atom stereocenters. The topological polar surface area (TPSA) is 65.2 Å². The Morgan fingerprint density at radius 1 is 1.06 bits per heavy atom. The van der Waals surface area contributed by atoms with Crippen LogP contribution in [-0.4, -0.2) is 24.0 Å². The second-order valence-electron chi connectivity index (χ2n) is 8.87. The summed E-state index contributed by atoms with van der Waals surface area (Å²) in [6, 6.07) is 23.2. The van der Waals surface area contributed by atoms with Crippen LogP contribution in [0.1, 0.15) is 18.4 Å². The Bertz CT molecular complexity index is 1400. The highest BCUT2D eigenvalue weighted by Gasteiger charge is 2.29. The maximum Gasteiger partial charge on any atom is 0.272 e. The number of fused-ring (bicyclic) bond motifs is 1. The van der Waals surface area contributed by atoms with E-state index in [4.69, 9.17) is 11.6 Å². The summed E-state index contributed by atoms with van der Waals surface area (Å²) in [4.78, 5) is 31.6. The van der Waals surface area contributed by atoms with Crippen molar-refractivity contribution in [2.75, 3.05) is 23.3 Å². The number of carbonyl (C=O) groups excluding carboxylic acids is 1. The first-order valence-electron chi connectivity index (χ1n) is 11.5. The van der Waals surface area contributed by atoms with Gasteiger partial charge in [0.25, 0.3) is 5.56 Å². The fourth-order valence-electron chi connectivity index (χ4n) is 4.73. The Labute approximate surface area is 215 Å². The molecule has 1 aliphatic rings. The summed E-state index contributed by atoms with van der Waals surface area (Å²) in [5.41, 5.74) is 4.90. The standard InChI is InChI=1S/C28H26ClN3O2.ClH/c1-18-9-12-22(13-10-18)30-27(33)20-8-5-15-32(17-20)26-25(19-6-3-2-4-7-19)23-16-21(29)11-14-24(23)31-28(26)34;/h2-4,6-7,9-14,16,20H,5,8,15,17H2,1H3,(H,30,33)(H,31,34);1H. The number of nitrogens with zero attached hydrogens (tertiary/aromatic N) is 1. The lowest BCUT2D eigenvalue weighted by molar-refractivity contribution is -0.120. The van der Waals surface area contributed by atoms with Gasteiger partial charge < -0.3 is 15.2 Å². The number of rotatable bonds is 4. The smallest absolute Gasteiger partial charge is 0.272 e. The van der Waals surface area contributed by atoms with Gasteiger partial charge in [0.1, 0.15) is 5.69 Å². The third-order valence-electron chi connectivity index (χ3n) is 6.44. The zero-order valence-corrected chi connectivity index (χ0v) is 21.0. The van der Waals surface area contributed by atoms with Gasteiger partial charge in [-0.2, -0.15) is 0 Å². The zero-order valence-electron chi connectivity index (χ0n) is 19.4. The van der Waals surface area contributed by atoms with Gasteiger partial charge in [-0.05, 0) is 55.7 Å². The van der Waals surface area contributed by atoms with Crippen molar-refractivity contribution in [3.8, 4) is 11.1 Å². The predicted octanol–water partition coefficient (Wildman–Crippen LogP) is 6.43. The van der Waals surface area contributed by atoms with Crippen LogP contribution in [0.15, 0.2) is 77.6 Å². The number of halogens is 2. The lowest BCUT2D eigenvalue weighted by atomic mass is 9.93. The van der Waals surface area contributed by atoms with Gasteiger partial charge in [0.05, 0.1) is 5.92 Å². The molecule has 2 heterocycles. The summed E-state index contributed by atoms with van der Waals surface area (Å²) in [7, 11) is 0. The van der Waals surface area contributed by atoms with Crippen LogP contribution in [0.2, 0.25) is 5.02 Å². The van der Waals surface area contributed by atoms with Crippen molar-refractivity contribution >= 4 is 52.2 Å². The van der Waals surface area contributed by atoms with Crippen LogP contribution in [0.5, 0.6) is 0 Å². The molecule has 0 spiro atoms. The first-order valence-corrected chi connectivity index (χ1v) is 11.9. The summed E-state index contributed by atoms with van der Waals surface area (Å²) >= 11 is 6.35. The average molecular weight is 508 g/mol. The van der Waals surface area contributed by atoms with Crippen LogP contribution < -0.4 is 15.8 Å². The molecule has 35 heavy (non-hydrogen) atoms. The molecule has 0 radical (unpaired) electrons. The number of carbonyl (C=O) groups is 1. The van der Waals surface area contributed by atoms with Crippen LogP contribution in [0.3, 0.4) is 0 Å². The van der Waals surface area contributed by atoms with Gasteiger partial charge in [-0.3, -0.25) is 9.59 Å². The minimum Gasteiger partial charge on any atom is -0.366 e. The number of aromatic amines is 1. The number of nitrogens with one attached hydrogen (secondary N) is 2. The normalized spacial score (nSPS) is 15.5. The van der Waals surface area contributed by atoms with E-state index in [-0.39, 0.29) is 29.8 Å². The van der Waals surface area contributed by atoms with Gasteiger partial charge in [-0.1, -0.05) is 59.6 Å². The van der Waals surface area contributed by atoms with E-state index in [2.05, 4.69) is 15.2 Å². The SMILES string of the molecule is Cc1ccc(NC(=O)C2CCCN(c3c(-c4ccccc4)c4cc(Cl)ccc4[nH]c3=O)C2)cc1.Cl. The molecule has 1 atom stereocenters. The number of benzene rings is 3. The van der Waals surface area contributed by atoms with Crippen LogP contribution in [0.4, 0.5) is 11.4 Å². The van der Waals surface area contributed by atoms with Gasteiger partial charge in [0, 0.05) is 40.3 Å². The first-order chi connectivity index (χ1) is 16.5. The highest BCUT2D eigenvalue weighted by molar-refractivity contribution is 6.31. The van der Waals surface area contributed by atoms with E-state index < -0.39 is 0 Å². The Morgan fingerprint density at radius 2 is 1.80 bits per heavy atom. The second-order valence-corrected chi connectivity index (χ2v) is 9.31. The molecule has 3 aromatic carbocycles. The summed E-state index contributed by atoms with van der Waals surface area (Å²) in [6.07, 6.45) is 1.61. The first kappa shape index (κ1) is 24.8. The Balaban J connectivity index is 0.00000289. The Kier molecular flexibility index (Phi) is 7.48. The molecule has 1 aliphatic heterocycles. The molecular formula is C28H27Cl2N3O2. The van der Waals surface area contributed by atoms with Gasteiger partial charge >= 0.3 is 0 Å². The van der Waals surface area contributed by atoms with Gasteiger partial charge in [-0.15, -0.1) is 12.4 Å². The molecule has 2 N–H and O–H groups in total. The van der Waals surface area contributed by atoms with E-state index in [1.165, 1.54) is 0 Å². The van der Waals surface area contributed by atoms with Gasteiger partial charge in [0.2, 0.25) is 5.91 Å². The molecule has 0 bridgehead atoms. The number of hydrogen-bond donors (Lipinski definition) is 2. The quantitative estimate of drug-likeness (QED) is 0.334. The molecule has 1 saturated heterocycles. The maximum atomic E-state index is 13.4. The molecule has 4 aromatic rings. The molecule has 1 aromatic heterocycles. The third-order valence-corrected chi connectivity index (χ3v) is 6.68. The van der Waals surface area contributed by atoms with Gasteiger partial charge in [0.15, 0.2) is 0 Å². The molecular weight excluding hydrogens is 481 g/mol. The van der Waals surface area contributed by atoms with Crippen LogP contribution in [0.25, 0.3) is 22.0 Å². The number of pyridine rings is 1. The summed E-state index contributed by atoms with van der Waals surface area (Å²) < 4.78 is 0. The molecule has 0 aliphatic carbocycles. The number of anilines is 2. The number of aryl methyl sites for hydroxylation is 1. The van der Waals surface area contributed by atoms with E-state index in [0.717, 1.165) is 46.1 Å². The van der Waals surface area contributed by atoms with E-state index in [9.17, 15) is 9.59 Å². The molecule has 5 nitrogen and oxygen atoms in total. The monoisotopic (exact) mass is 507 g/mol. The van der Waals surface area contributed by atoms with E-state index in [1.54, 1.807) is 6.07 Å². The number of amides is 1. The average Bonchev–Trinajstić information content (AvgIpc) is 2.85. The highest BCUT2D eigenvalue weighted by Crippen LogP contribution is 2.37. The summed E-state index contributed by atoms with van der Waals surface area (Å²) in [6.45, 7) is 3.21. The van der Waals surface area contributed by atoms with Gasteiger partial charge in [-0.25, -0.2) is 0 Å². The van der Waals surface area contributed by atoms with Crippen molar-refractivity contribution in [3.05, 3.63) is 93.7 Å². The van der Waals surface area contributed by atoms with Crippen molar-refractivity contribution in [2.24, 2.45) is 5.92 Å². The van der Waals surface area contributed by atoms with E-state index >= 15 is 0 Å². The fraction of sp³-hybridized carbons (Fsp3) is 0.214. The lowest BCUT2D eigenvalue weighted by Crippen LogP contribution is -2.43. The molecule has 1 fully saturated rings. The van der Waals surface area contributed by atoms with Crippen molar-refractivity contribution in [2.45, 2.75) is 19.8 Å². The van der Waals surface area contributed by atoms with E-state index in [1.807, 2.05) is 73.7 Å². The van der Waals surface area contributed by atoms with Crippen LogP contribution in [0, 0.1) is 12.8 Å². The fourth-order valence-corrected chi connectivity index (χ4v) is 4.90. The van der Waals surface area contributed by atoms with Crippen molar-refractivity contribution in [3.63, 3.8) is 0 Å². The minimum absolute atomic E-state index is 0. The number of piperidine rings is 1.